The summed E-state index contributed by atoms with van der Waals surface area (Å²) in [7, 11) is 1.55. The molecule has 0 spiro atoms. The van der Waals surface area contributed by atoms with Gasteiger partial charge in [-0.2, -0.15) is 5.10 Å². The van der Waals surface area contributed by atoms with Gasteiger partial charge < -0.3 is 10.1 Å². The lowest BCUT2D eigenvalue weighted by atomic mass is 10.1. The van der Waals surface area contributed by atoms with Gasteiger partial charge in [0.25, 0.3) is 5.91 Å². The van der Waals surface area contributed by atoms with Crippen LogP contribution in [0.3, 0.4) is 0 Å². The maximum absolute atomic E-state index is 12.3. The second kappa shape index (κ2) is 8.39. The van der Waals surface area contributed by atoms with Crippen LogP contribution in [0.25, 0.3) is 11.3 Å². The Morgan fingerprint density at radius 3 is 2.48 bits per heavy atom. The molecule has 0 unspecified atom stereocenters. The lowest BCUT2D eigenvalue weighted by molar-refractivity contribution is 0.0952. The molecule has 0 radical (unpaired) electrons. The number of benzene rings is 1. The molecule has 27 heavy (non-hydrogen) atoms. The largest absolute Gasteiger partial charge is 0.480 e. The van der Waals surface area contributed by atoms with Crippen LogP contribution >= 0.6 is 0 Å². The zero-order valence-electron chi connectivity index (χ0n) is 15.6. The summed E-state index contributed by atoms with van der Waals surface area (Å²) < 4.78 is 6.86. The van der Waals surface area contributed by atoms with Gasteiger partial charge in [-0.05, 0) is 38.5 Å². The number of carbonyl (C=O) groups excluding carboxylic acids is 1. The molecule has 0 aliphatic rings. The number of nitrogens with zero attached hydrogens (tertiary/aromatic N) is 5. The third-order valence-electron chi connectivity index (χ3n) is 4.09. The third-order valence-corrected chi connectivity index (χ3v) is 4.09. The molecular formula is C19H22N6O2. The summed E-state index contributed by atoms with van der Waals surface area (Å²) in [6.07, 6.45) is 0.787. The van der Waals surface area contributed by atoms with Crippen LogP contribution in [0.15, 0.2) is 36.4 Å². The molecule has 2 heterocycles. The number of nitrogens with one attached hydrogen (secondary N) is 1. The van der Waals surface area contributed by atoms with E-state index in [1.165, 1.54) is 0 Å². The molecule has 0 fully saturated rings. The van der Waals surface area contributed by atoms with Crippen molar-refractivity contribution in [3.8, 4) is 17.1 Å². The molecule has 0 aliphatic carbocycles. The fourth-order valence-electron chi connectivity index (χ4n) is 2.68. The average molecular weight is 366 g/mol. The Labute approximate surface area is 157 Å². The van der Waals surface area contributed by atoms with E-state index in [1.54, 1.807) is 25.3 Å². The van der Waals surface area contributed by atoms with Crippen molar-refractivity contribution in [3.05, 3.63) is 53.6 Å². The zero-order valence-corrected chi connectivity index (χ0v) is 15.6. The van der Waals surface area contributed by atoms with Crippen molar-refractivity contribution in [2.45, 2.75) is 26.8 Å². The van der Waals surface area contributed by atoms with E-state index in [4.69, 9.17) is 4.74 Å². The predicted molar refractivity (Wildman–Crippen MR) is 100 cm³/mol. The van der Waals surface area contributed by atoms with Crippen molar-refractivity contribution in [1.29, 1.82) is 0 Å². The molecule has 8 nitrogen and oxygen atoms in total. The molecular weight excluding hydrogens is 344 g/mol. The highest BCUT2D eigenvalue weighted by Crippen LogP contribution is 2.18. The number of amides is 1. The van der Waals surface area contributed by atoms with Gasteiger partial charge in [0.2, 0.25) is 5.88 Å². The highest BCUT2D eigenvalue weighted by molar-refractivity contribution is 5.94. The van der Waals surface area contributed by atoms with Gasteiger partial charge in [-0.1, -0.05) is 12.1 Å². The van der Waals surface area contributed by atoms with E-state index in [1.807, 2.05) is 36.7 Å². The van der Waals surface area contributed by atoms with E-state index >= 15 is 0 Å². The molecule has 3 aromatic rings. The van der Waals surface area contributed by atoms with Crippen molar-refractivity contribution in [3.63, 3.8) is 0 Å². The molecule has 0 aliphatic heterocycles. The smallest absolute Gasteiger partial charge is 0.251 e. The van der Waals surface area contributed by atoms with Crippen molar-refractivity contribution in [2.24, 2.45) is 0 Å². The minimum absolute atomic E-state index is 0.103. The molecule has 1 N–H and O–H groups in total. The Kier molecular flexibility index (Phi) is 5.75. The number of carbonyl (C=O) groups is 1. The molecule has 8 heteroatoms. The summed E-state index contributed by atoms with van der Waals surface area (Å²) in [6.45, 7) is 5.09. The molecule has 1 amide bonds. The van der Waals surface area contributed by atoms with Crippen LogP contribution in [0.4, 0.5) is 0 Å². The fourth-order valence-corrected chi connectivity index (χ4v) is 2.68. The third kappa shape index (κ3) is 4.66. The molecule has 140 valence electrons. The highest BCUT2D eigenvalue weighted by Gasteiger charge is 2.07. The molecule has 1 aromatic carbocycles. The summed E-state index contributed by atoms with van der Waals surface area (Å²) in [4.78, 5) is 16.5. The van der Waals surface area contributed by atoms with Gasteiger partial charge >= 0.3 is 0 Å². The normalized spacial score (nSPS) is 10.6. The Morgan fingerprint density at radius 2 is 1.89 bits per heavy atom. The molecule has 0 saturated carbocycles. The van der Waals surface area contributed by atoms with Gasteiger partial charge in [0, 0.05) is 30.3 Å². The monoisotopic (exact) mass is 366 g/mol. The lowest BCUT2D eigenvalue weighted by Gasteiger charge is -2.07. The molecule has 2 aromatic heterocycles. The number of aryl methyl sites for hydroxylation is 3. The second-order valence-electron chi connectivity index (χ2n) is 6.08. The maximum Gasteiger partial charge on any atom is 0.251 e. The van der Waals surface area contributed by atoms with Crippen molar-refractivity contribution < 1.29 is 9.53 Å². The number of hydrogen-bond acceptors (Lipinski definition) is 6. The van der Waals surface area contributed by atoms with Crippen LogP contribution < -0.4 is 10.1 Å². The van der Waals surface area contributed by atoms with E-state index in [2.05, 4.69) is 25.6 Å². The Balaban J connectivity index is 1.51. The first kappa shape index (κ1) is 18.5. The zero-order chi connectivity index (χ0) is 19.2. The minimum atomic E-state index is -0.103. The summed E-state index contributed by atoms with van der Waals surface area (Å²) in [5, 5.41) is 15.3. The number of methoxy groups -OCH3 is 1. The molecule has 3 rings (SSSR count). The van der Waals surface area contributed by atoms with Gasteiger partial charge in [-0.15, -0.1) is 10.2 Å². The van der Waals surface area contributed by atoms with Gasteiger partial charge in [0.05, 0.1) is 12.8 Å². The van der Waals surface area contributed by atoms with Crippen LogP contribution in [0.2, 0.25) is 0 Å². The summed E-state index contributed by atoms with van der Waals surface area (Å²) >= 11 is 0. The van der Waals surface area contributed by atoms with Crippen molar-refractivity contribution in [1.82, 2.24) is 30.3 Å². The Hall–Kier alpha value is -3.29. The quantitative estimate of drug-likeness (QED) is 0.644. The second-order valence-corrected chi connectivity index (χ2v) is 6.08. The first-order valence-corrected chi connectivity index (χ1v) is 8.71. The first-order valence-electron chi connectivity index (χ1n) is 8.71. The number of rotatable bonds is 7. The summed E-state index contributed by atoms with van der Waals surface area (Å²) in [5.74, 6) is 2.01. The molecule has 0 atom stereocenters. The van der Waals surface area contributed by atoms with Crippen molar-refractivity contribution >= 4 is 5.91 Å². The number of ether oxygens (including phenoxy) is 1. The van der Waals surface area contributed by atoms with Gasteiger partial charge in [0.1, 0.15) is 11.6 Å². The van der Waals surface area contributed by atoms with Crippen LogP contribution in [0.1, 0.15) is 28.4 Å². The Bertz CT molecular complexity index is 903. The number of aromatic nitrogens is 5. The van der Waals surface area contributed by atoms with E-state index in [-0.39, 0.29) is 5.91 Å². The van der Waals surface area contributed by atoms with E-state index < -0.39 is 0 Å². The van der Waals surface area contributed by atoms with Gasteiger partial charge in [-0.25, -0.2) is 4.98 Å². The minimum Gasteiger partial charge on any atom is -0.480 e. The van der Waals surface area contributed by atoms with Crippen LogP contribution in [-0.2, 0) is 6.54 Å². The SMILES string of the molecule is COc1ccc(-c2ccc(C(=O)NCCCn3nc(C)nc3C)cc2)nn1. The van der Waals surface area contributed by atoms with E-state index in [0.717, 1.165) is 35.9 Å². The van der Waals surface area contributed by atoms with Crippen LogP contribution in [0.5, 0.6) is 5.88 Å². The molecule has 0 saturated heterocycles. The van der Waals surface area contributed by atoms with E-state index in [9.17, 15) is 4.79 Å². The van der Waals surface area contributed by atoms with Crippen LogP contribution in [0, 0.1) is 13.8 Å². The maximum atomic E-state index is 12.3. The van der Waals surface area contributed by atoms with Crippen LogP contribution in [-0.4, -0.2) is 44.5 Å². The first-order chi connectivity index (χ1) is 13.1. The highest BCUT2D eigenvalue weighted by atomic mass is 16.5. The standard InChI is InChI=1S/C19H22N6O2/c1-13-21-14(2)25(24-13)12-4-11-20-19(26)16-7-5-15(6-8-16)17-9-10-18(27-3)23-22-17/h5-10H,4,11-12H2,1-3H3,(H,20,26). The lowest BCUT2D eigenvalue weighted by Crippen LogP contribution is -2.25. The fraction of sp³-hybridized carbons (Fsp3) is 0.316. The van der Waals surface area contributed by atoms with Gasteiger partial charge in [0.15, 0.2) is 0 Å². The summed E-state index contributed by atoms with van der Waals surface area (Å²) in [6, 6.07) is 10.8. The summed E-state index contributed by atoms with van der Waals surface area (Å²) in [5.41, 5.74) is 2.22. The topological polar surface area (TPSA) is 94.8 Å². The van der Waals surface area contributed by atoms with Gasteiger partial charge in [-0.3, -0.25) is 9.48 Å². The molecule has 0 bridgehead atoms. The van der Waals surface area contributed by atoms with Crippen molar-refractivity contribution in [2.75, 3.05) is 13.7 Å². The average Bonchev–Trinajstić information content (AvgIpc) is 3.02. The predicted octanol–water partition coefficient (Wildman–Crippen LogP) is 2.18. The Morgan fingerprint density at radius 1 is 1.11 bits per heavy atom. The van der Waals surface area contributed by atoms with E-state index in [0.29, 0.717) is 18.0 Å². The number of hydrogen-bond donors (Lipinski definition) is 1.